The maximum absolute atomic E-state index is 12.7. The zero-order valence-electron chi connectivity index (χ0n) is 16.6. The predicted molar refractivity (Wildman–Crippen MR) is 117 cm³/mol. The minimum Gasteiger partial charge on any atom is -0.322 e. The van der Waals surface area contributed by atoms with Crippen LogP contribution in [0.5, 0.6) is 0 Å². The molecule has 0 saturated heterocycles. The minimum atomic E-state index is -3.81. The molecule has 0 unspecified atom stereocenters. The van der Waals surface area contributed by atoms with E-state index in [1.807, 2.05) is 43.3 Å². The van der Waals surface area contributed by atoms with Gasteiger partial charge in [0.25, 0.3) is 15.9 Å². The Labute approximate surface area is 171 Å². The summed E-state index contributed by atoms with van der Waals surface area (Å²) in [7, 11) is -3.81. The van der Waals surface area contributed by atoms with Crippen molar-refractivity contribution in [3.05, 3.63) is 89.5 Å². The summed E-state index contributed by atoms with van der Waals surface area (Å²) >= 11 is 0. The number of para-hydroxylation sites is 1. The van der Waals surface area contributed by atoms with Crippen molar-refractivity contribution in [2.75, 3.05) is 10.0 Å². The minimum absolute atomic E-state index is 0.0304. The van der Waals surface area contributed by atoms with Gasteiger partial charge >= 0.3 is 0 Å². The van der Waals surface area contributed by atoms with Gasteiger partial charge in [-0.3, -0.25) is 9.52 Å². The molecule has 3 aromatic carbocycles. The summed E-state index contributed by atoms with van der Waals surface area (Å²) in [5.41, 5.74) is 3.52. The molecule has 0 aliphatic carbocycles. The number of carbonyl (C=O) groups is 1. The van der Waals surface area contributed by atoms with E-state index in [-0.39, 0.29) is 22.3 Å². The normalized spacial score (nSPS) is 11.3. The number of amides is 1. The van der Waals surface area contributed by atoms with E-state index < -0.39 is 10.0 Å². The molecule has 2 N–H and O–H groups in total. The van der Waals surface area contributed by atoms with Crippen molar-refractivity contribution in [2.45, 2.75) is 31.6 Å². The molecule has 150 valence electrons. The summed E-state index contributed by atoms with van der Waals surface area (Å²) < 4.78 is 28.0. The molecule has 0 heterocycles. The molecule has 0 aromatic heterocycles. The van der Waals surface area contributed by atoms with Crippen LogP contribution in [-0.4, -0.2) is 14.3 Å². The average molecular weight is 409 g/mol. The standard InChI is InChI=1S/C23H24N2O3S/c1-16(2)21-9-4-5-10-22(21)24-23(26)18-7-6-8-20(15-18)29(27,28)25-19-13-11-17(3)12-14-19/h4-16,25H,1-3H3,(H,24,26). The maximum Gasteiger partial charge on any atom is 0.261 e. The average Bonchev–Trinajstić information content (AvgIpc) is 2.70. The second kappa shape index (κ2) is 8.49. The third kappa shape index (κ3) is 5.03. The van der Waals surface area contributed by atoms with Crippen molar-refractivity contribution >= 4 is 27.3 Å². The van der Waals surface area contributed by atoms with Gasteiger partial charge in [-0.25, -0.2) is 8.42 Å². The molecular weight excluding hydrogens is 384 g/mol. The first-order valence-electron chi connectivity index (χ1n) is 9.36. The van der Waals surface area contributed by atoms with Gasteiger partial charge in [-0.05, 0) is 54.8 Å². The molecule has 0 radical (unpaired) electrons. The van der Waals surface area contributed by atoms with E-state index in [0.717, 1.165) is 16.8 Å². The quantitative estimate of drug-likeness (QED) is 0.591. The molecule has 6 heteroatoms. The Hall–Kier alpha value is -3.12. The molecule has 0 bridgehead atoms. The number of anilines is 2. The topological polar surface area (TPSA) is 75.3 Å². The van der Waals surface area contributed by atoms with Crippen molar-refractivity contribution in [2.24, 2.45) is 0 Å². The summed E-state index contributed by atoms with van der Waals surface area (Å²) in [5, 5.41) is 2.89. The highest BCUT2D eigenvalue weighted by atomic mass is 32.2. The number of nitrogens with one attached hydrogen (secondary N) is 2. The van der Waals surface area contributed by atoms with Gasteiger partial charge in [-0.15, -0.1) is 0 Å². The lowest BCUT2D eigenvalue weighted by molar-refractivity contribution is 0.102. The molecule has 0 atom stereocenters. The molecule has 29 heavy (non-hydrogen) atoms. The van der Waals surface area contributed by atoms with E-state index in [1.54, 1.807) is 24.3 Å². The van der Waals surface area contributed by atoms with Gasteiger partial charge in [0.15, 0.2) is 0 Å². The Morgan fingerprint density at radius 3 is 2.28 bits per heavy atom. The van der Waals surface area contributed by atoms with Gasteiger partial charge in [0.1, 0.15) is 0 Å². The van der Waals surface area contributed by atoms with E-state index in [2.05, 4.69) is 23.9 Å². The molecule has 3 aromatic rings. The monoisotopic (exact) mass is 408 g/mol. The highest BCUT2D eigenvalue weighted by Crippen LogP contribution is 2.25. The van der Waals surface area contributed by atoms with Crippen LogP contribution in [0.3, 0.4) is 0 Å². The van der Waals surface area contributed by atoms with E-state index in [4.69, 9.17) is 0 Å². The lowest BCUT2D eigenvalue weighted by atomic mass is 10.0. The first-order chi connectivity index (χ1) is 13.8. The van der Waals surface area contributed by atoms with Crippen LogP contribution in [-0.2, 0) is 10.0 Å². The van der Waals surface area contributed by atoms with E-state index in [0.29, 0.717) is 5.69 Å². The van der Waals surface area contributed by atoms with Gasteiger partial charge in [-0.1, -0.05) is 55.8 Å². The van der Waals surface area contributed by atoms with Gasteiger partial charge in [0, 0.05) is 16.9 Å². The van der Waals surface area contributed by atoms with Crippen LogP contribution < -0.4 is 10.0 Å². The summed E-state index contributed by atoms with van der Waals surface area (Å²) in [6.45, 7) is 6.03. The number of carbonyl (C=O) groups excluding carboxylic acids is 1. The zero-order chi connectivity index (χ0) is 21.0. The number of hydrogen-bond donors (Lipinski definition) is 2. The van der Waals surface area contributed by atoms with Gasteiger partial charge < -0.3 is 5.32 Å². The predicted octanol–water partition coefficient (Wildman–Crippen LogP) is 5.17. The Morgan fingerprint density at radius 1 is 0.897 bits per heavy atom. The van der Waals surface area contributed by atoms with Gasteiger partial charge in [0.2, 0.25) is 0 Å². The van der Waals surface area contributed by atoms with Gasteiger partial charge in [-0.2, -0.15) is 0 Å². The van der Waals surface area contributed by atoms with Crippen LogP contribution in [0.15, 0.2) is 77.7 Å². The van der Waals surface area contributed by atoms with Crippen molar-refractivity contribution in [3.63, 3.8) is 0 Å². The Morgan fingerprint density at radius 2 is 1.59 bits per heavy atom. The second-order valence-electron chi connectivity index (χ2n) is 7.20. The molecule has 5 nitrogen and oxygen atoms in total. The van der Waals surface area contributed by atoms with Crippen molar-refractivity contribution in [1.29, 1.82) is 0 Å². The largest absolute Gasteiger partial charge is 0.322 e. The number of rotatable bonds is 6. The van der Waals surface area contributed by atoms with E-state index >= 15 is 0 Å². The Kier molecular flexibility index (Phi) is 6.03. The number of benzene rings is 3. The zero-order valence-corrected chi connectivity index (χ0v) is 17.5. The first kappa shape index (κ1) is 20.6. The number of aryl methyl sites for hydroxylation is 1. The van der Waals surface area contributed by atoms with Crippen molar-refractivity contribution in [1.82, 2.24) is 0 Å². The molecule has 0 aliphatic heterocycles. The molecule has 0 spiro atoms. The van der Waals surface area contributed by atoms with E-state index in [1.165, 1.54) is 12.1 Å². The molecule has 0 fully saturated rings. The fourth-order valence-electron chi connectivity index (χ4n) is 2.95. The van der Waals surface area contributed by atoms with E-state index in [9.17, 15) is 13.2 Å². The van der Waals surface area contributed by atoms with Crippen LogP contribution in [0, 0.1) is 6.92 Å². The van der Waals surface area contributed by atoms with Crippen LogP contribution in [0.1, 0.15) is 41.3 Å². The number of sulfonamides is 1. The second-order valence-corrected chi connectivity index (χ2v) is 8.88. The van der Waals surface area contributed by atoms with Crippen molar-refractivity contribution in [3.8, 4) is 0 Å². The lowest BCUT2D eigenvalue weighted by Gasteiger charge is -2.14. The summed E-state index contributed by atoms with van der Waals surface area (Å²) in [6, 6.07) is 20.6. The third-order valence-electron chi connectivity index (χ3n) is 4.54. The van der Waals surface area contributed by atoms with Gasteiger partial charge in [0.05, 0.1) is 4.90 Å². The molecule has 3 rings (SSSR count). The first-order valence-corrected chi connectivity index (χ1v) is 10.8. The highest BCUT2D eigenvalue weighted by Gasteiger charge is 2.17. The SMILES string of the molecule is Cc1ccc(NS(=O)(=O)c2cccc(C(=O)Nc3ccccc3C(C)C)c2)cc1. The Bertz CT molecular complexity index is 1120. The van der Waals surface area contributed by atoms with Crippen LogP contribution in [0.25, 0.3) is 0 Å². The molecular formula is C23H24N2O3S. The van der Waals surface area contributed by atoms with Crippen LogP contribution >= 0.6 is 0 Å². The Balaban J connectivity index is 1.83. The fraction of sp³-hybridized carbons (Fsp3) is 0.174. The summed E-state index contributed by atoms with van der Waals surface area (Å²) in [4.78, 5) is 12.8. The smallest absolute Gasteiger partial charge is 0.261 e. The van der Waals surface area contributed by atoms with Crippen LogP contribution in [0.2, 0.25) is 0 Å². The van der Waals surface area contributed by atoms with Crippen LogP contribution in [0.4, 0.5) is 11.4 Å². The molecule has 0 saturated carbocycles. The maximum atomic E-state index is 12.7. The lowest BCUT2D eigenvalue weighted by Crippen LogP contribution is -2.16. The summed E-state index contributed by atoms with van der Waals surface area (Å²) in [5.74, 6) is -0.109. The highest BCUT2D eigenvalue weighted by molar-refractivity contribution is 7.92. The third-order valence-corrected chi connectivity index (χ3v) is 5.92. The molecule has 0 aliphatic rings. The number of hydrogen-bond acceptors (Lipinski definition) is 3. The fourth-order valence-corrected chi connectivity index (χ4v) is 4.05. The van der Waals surface area contributed by atoms with Crippen molar-refractivity contribution < 1.29 is 13.2 Å². The summed E-state index contributed by atoms with van der Waals surface area (Å²) in [6.07, 6.45) is 0. The molecule has 1 amide bonds.